The number of fused-ring (bicyclic) bond motifs is 12. The lowest BCUT2D eigenvalue weighted by atomic mass is 9.78. The summed E-state index contributed by atoms with van der Waals surface area (Å²) >= 11 is 0. The fraction of sp³-hybridized carbons (Fsp3) is 0.153. The van der Waals surface area contributed by atoms with Gasteiger partial charge in [-0.1, -0.05) is 136 Å². The molecule has 7 aromatic carbocycles. The van der Waals surface area contributed by atoms with Crippen LogP contribution in [0.1, 0.15) is 57.2 Å². The van der Waals surface area contributed by atoms with Crippen molar-refractivity contribution in [3.63, 3.8) is 0 Å². The van der Waals surface area contributed by atoms with Crippen molar-refractivity contribution < 1.29 is 0 Å². The molecule has 13 rings (SSSR count). The molecule has 9 aromatic rings. The molecule has 0 N–H and O–H groups in total. The highest BCUT2D eigenvalue weighted by atomic mass is 15.2. The van der Waals surface area contributed by atoms with Gasteiger partial charge in [-0.05, 0) is 131 Å². The molecule has 62 heavy (non-hydrogen) atoms. The van der Waals surface area contributed by atoms with E-state index in [1.807, 2.05) is 0 Å². The molecule has 298 valence electrons. The van der Waals surface area contributed by atoms with Crippen LogP contribution in [0, 0.1) is 5.92 Å². The molecular weight excluding hydrogens is 751 g/mol. The van der Waals surface area contributed by atoms with Crippen molar-refractivity contribution in [2.45, 2.75) is 51.5 Å². The summed E-state index contributed by atoms with van der Waals surface area (Å²) in [6.07, 6.45) is 11.8. The van der Waals surface area contributed by atoms with Crippen LogP contribution in [0.5, 0.6) is 0 Å². The Hall–Kier alpha value is -7.10. The summed E-state index contributed by atoms with van der Waals surface area (Å²) in [6, 6.07) is 58.8. The SMILES string of the molecule is CC1CC=CC2=C1N(c1ccccc1)C1(C)CC=C(c3ccc4c(c3)c3ccccc3n4-c3ccc4c(c3)C(C)(C)c3c-4ccc4c5ccccc5n(-c5ccccc5)c34)C=C21. The molecule has 2 atom stereocenters. The maximum Gasteiger partial charge on any atom is 0.0712 e. The summed E-state index contributed by atoms with van der Waals surface area (Å²) in [4.78, 5) is 2.65. The van der Waals surface area contributed by atoms with E-state index in [1.54, 1.807) is 0 Å². The second-order valence-electron chi connectivity index (χ2n) is 18.7. The standard InChI is InChI=1S/C59H47N3/c1-37-16-15-23-48-51-35-39(32-33-59(51,4)62(56(37)48)41-19-9-6-10-20-41)38-26-31-54-49(34-38)45-22-12-13-24-52(45)60(54)42-27-28-43-46-29-30-47-44-21-11-14-25-53(44)61(40-17-7-5-8-18-40)57(47)55(46)58(2,3)50(43)36-42/h5-15,17-32,34-37H,16,33H2,1-4H3. The lowest BCUT2D eigenvalue weighted by Gasteiger charge is -2.42. The molecular formula is C59H47N3. The van der Waals surface area contributed by atoms with Gasteiger partial charge in [-0.15, -0.1) is 0 Å². The summed E-state index contributed by atoms with van der Waals surface area (Å²) in [5, 5.41) is 5.16. The number of hydrogen-bond acceptors (Lipinski definition) is 1. The van der Waals surface area contributed by atoms with Gasteiger partial charge < -0.3 is 14.0 Å². The van der Waals surface area contributed by atoms with Crippen molar-refractivity contribution in [3.05, 3.63) is 216 Å². The zero-order valence-electron chi connectivity index (χ0n) is 35.7. The topological polar surface area (TPSA) is 13.1 Å². The Morgan fingerprint density at radius 1 is 0.565 bits per heavy atom. The van der Waals surface area contributed by atoms with E-state index in [2.05, 4.69) is 224 Å². The first-order valence-corrected chi connectivity index (χ1v) is 22.3. The number of allylic oxidation sites excluding steroid dienone is 5. The van der Waals surface area contributed by atoms with Gasteiger partial charge >= 0.3 is 0 Å². The van der Waals surface area contributed by atoms with Crippen LogP contribution in [0.15, 0.2) is 199 Å². The van der Waals surface area contributed by atoms with Gasteiger partial charge in [0.05, 0.1) is 27.6 Å². The fourth-order valence-electron chi connectivity index (χ4n) is 12.0. The van der Waals surface area contributed by atoms with Crippen LogP contribution in [-0.4, -0.2) is 14.7 Å². The lowest BCUT2D eigenvalue weighted by molar-refractivity contribution is 0.524. The van der Waals surface area contributed by atoms with Gasteiger partial charge in [-0.3, -0.25) is 0 Å². The Morgan fingerprint density at radius 3 is 2.00 bits per heavy atom. The molecule has 4 aliphatic rings. The molecule has 3 heteroatoms. The van der Waals surface area contributed by atoms with Crippen molar-refractivity contribution in [2.24, 2.45) is 5.92 Å². The predicted molar refractivity (Wildman–Crippen MR) is 261 cm³/mol. The third-order valence-corrected chi connectivity index (χ3v) is 14.9. The molecule has 0 fully saturated rings. The zero-order valence-corrected chi connectivity index (χ0v) is 35.7. The molecule has 3 heterocycles. The van der Waals surface area contributed by atoms with Crippen LogP contribution < -0.4 is 4.90 Å². The summed E-state index contributed by atoms with van der Waals surface area (Å²) in [5.41, 5.74) is 20.6. The molecule has 3 nitrogen and oxygen atoms in total. The summed E-state index contributed by atoms with van der Waals surface area (Å²) in [5.74, 6) is 0.463. The van der Waals surface area contributed by atoms with E-state index in [0.29, 0.717) is 5.92 Å². The van der Waals surface area contributed by atoms with Crippen molar-refractivity contribution >= 4 is 54.9 Å². The molecule has 2 unspecified atom stereocenters. The van der Waals surface area contributed by atoms with Crippen molar-refractivity contribution in [1.29, 1.82) is 0 Å². The van der Waals surface area contributed by atoms with E-state index in [9.17, 15) is 0 Å². The molecule has 1 aliphatic heterocycles. The highest BCUT2D eigenvalue weighted by Gasteiger charge is 2.48. The first kappa shape index (κ1) is 35.6. The fourth-order valence-corrected chi connectivity index (χ4v) is 12.0. The second kappa shape index (κ2) is 12.7. The van der Waals surface area contributed by atoms with Gasteiger partial charge in [0.2, 0.25) is 0 Å². The average Bonchev–Trinajstić information content (AvgIpc) is 3.98. The monoisotopic (exact) mass is 797 g/mol. The highest BCUT2D eigenvalue weighted by molar-refractivity contribution is 6.14. The number of rotatable bonds is 4. The number of benzene rings is 7. The largest absolute Gasteiger partial charge is 0.334 e. The van der Waals surface area contributed by atoms with Crippen LogP contribution >= 0.6 is 0 Å². The normalized spacial score (nSPS) is 19.9. The molecule has 0 spiro atoms. The predicted octanol–water partition coefficient (Wildman–Crippen LogP) is 15.0. The molecule has 0 saturated heterocycles. The minimum Gasteiger partial charge on any atom is -0.334 e. The van der Waals surface area contributed by atoms with Gasteiger partial charge in [-0.25, -0.2) is 0 Å². The summed E-state index contributed by atoms with van der Waals surface area (Å²) in [7, 11) is 0. The third-order valence-electron chi connectivity index (χ3n) is 14.9. The molecule has 2 aromatic heterocycles. The third kappa shape index (κ3) is 4.71. The lowest BCUT2D eigenvalue weighted by Crippen LogP contribution is -2.44. The van der Waals surface area contributed by atoms with E-state index in [0.717, 1.165) is 12.8 Å². The Balaban J connectivity index is 0.941. The van der Waals surface area contributed by atoms with Crippen molar-refractivity contribution in [1.82, 2.24) is 9.13 Å². The van der Waals surface area contributed by atoms with Crippen LogP contribution in [0.2, 0.25) is 0 Å². The van der Waals surface area contributed by atoms with Crippen LogP contribution in [-0.2, 0) is 5.41 Å². The molecule has 0 amide bonds. The first-order chi connectivity index (χ1) is 30.3. The molecule has 3 aliphatic carbocycles. The van der Waals surface area contributed by atoms with Gasteiger partial charge in [0.25, 0.3) is 0 Å². The summed E-state index contributed by atoms with van der Waals surface area (Å²) in [6.45, 7) is 9.68. The highest BCUT2D eigenvalue weighted by Crippen LogP contribution is 2.55. The van der Waals surface area contributed by atoms with E-state index < -0.39 is 0 Å². The maximum atomic E-state index is 2.65. The van der Waals surface area contributed by atoms with E-state index in [-0.39, 0.29) is 11.0 Å². The number of nitrogens with zero attached hydrogens (tertiary/aromatic N) is 3. The molecule has 0 radical (unpaired) electrons. The van der Waals surface area contributed by atoms with E-state index >= 15 is 0 Å². The van der Waals surface area contributed by atoms with Crippen LogP contribution in [0.3, 0.4) is 0 Å². The Labute approximate surface area is 362 Å². The van der Waals surface area contributed by atoms with Crippen molar-refractivity contribution in [3.8, 4) is 22.5 Å². The number of para-hydroxylation sites is 4. The van der Waals surface area contributed by atoms with E-state index in [4.69, 9.17) is 0 Å². The average molecular weight is 798 g/mol. The Bertz CT molecular complexity index is 3510. The second-order valence-corrected chi connectivity index (χ2v) is 18.7. The minimum atomic E-state index is -0.237. The quantitative estimate of drug-likeness (QED) is 0.173. The van der Waals surface area contributed by atoms with Gasteiger partial charge in [0, 0.05) is 55.6 Å². The minimum absolute atomic E-state index is 0.135. The van der Waals surface area contributed by atoms with Gasteiger partial charge in [0.15, 0.2) is 0 Å². The molecule has 0 saturated carbocycles. The smallest absolute Gasteiger partial charge is 0.0712 e. The summed E-state index contributed by atoms with van der Waals surface area (Å²) < 4.78 is 4.99. The molecule has 0 bridgehead atoms. The maximum absolute atomic E-state index is 2.65. The van der Waals surface area contributed by atoms with E-state index in [1.165, 1.54) is 111 Å². The first-order valence-electron chi connectivity index (χ1n) is 22.3. The number of anilines is 1. The Kier molecular flexibility index (Phi) is 7.31. The van der Waals surface area contributed by atoms with Crippen molar-refractivity contribution in [2.75, 3.05) is 4.90 Å². The Morgan fingerprint density at radius 2 is 1.23 bits per heavy atom. The van der Waals surface area contributed by atoms with Gasteiger partial charge in [-0.2, -0.15) is 0 Å². The van der Waals surface area contributed by atoms with Crippen LogP contribution in [0.4, 0.5) is 5.69 Å². The number of aromatic nitrogens is 2. The van der Waals surface area contributed by atoms with Gasteiger partial charge in [0.1, 0.15) is 0 Å². The zero-order chi connectivity index (χ0) is 41.5. The van der Waals surface area contributed by atoms with Crippen LogP contribution in [0.25, 0.3) is 71.7 Å². The number of hydrogen-bond donors (Lipinski definition) is 0.